The van der Waals surface area contributed by atoms with Crippen molar-refractivity contribution in [1.29, 1.82) is 5.26 Å². The first kappa shape index (κ1) is 13.0. The molecule has 0 saturated heterocycles. The standard InChI is InChI=1S/C18H15N3/c19-11-14-7-4-10-17(18(14)20)21-12-15-8-3-6-13-5-1-2-9-16(13)15/h1-10,21H,12,20H2. The number of fused-ring (bicyclic) bond motifs is 1. The molecule has 21 heavy (non-hydrogen) atoms. The number of nitrogen functional groups attached to an aromatic ring is 1. The molecule has 0 radical (unpaired) electrons. The van der Waals surface area contributed by atoms with E-state index in [1.807, 2.05) is 24.3 Å². The highest BCUT2D eigenvalue weighted by Crippen LogP contribution is 2.24. The molecule has 3 aromatic carbocycles. The average molecular weight is 273 g/mol. The van der Waals surface area contributed by atoms with Crippen LogP contribution in [0.1, 0.15) is 11.1 Å². The van der Waals surface area contributed by atoms with Gasteiger partial charge in [-0.2, -0.15) is 5.26 Å². The van der Waals surface area contributed by atoms with E-state index in [9.17, 15) is 0 Å². The van der Waals surface area contributed by atoms with Crippen molar-refractivity contribution in [3.63, 3.8) is 0 Å². The van der Waals surface area contributed by atoms with Crippen LogP contribution < -0.4 is 11.1 Å². The second kappa shape index (κ2) is 5.56. The van der Waals surface area contributed by atoms with E-state index in [2.05, 4.69) is 41.7 Å². The lowest BCUT2D eigenvalue weighted by Gasteiger charge is -2.12. The summed E-state index contributed by atoms with van der Waals surface area (Å²) in [6.45, 7) is 0.667. The molecule has 0 heterocycles. The van der Waals surface area contributed by atoms with Gasteiger partial charge in [0.05, 0.1) is 16.9 Å². The first-order valence-electron chi connectivity index (χ1n) is 6.78. The van der Waals surface area contributed by atoms with Gasteiger partial charge in [-0.1, -0.05) is 48.5 Å². The Morgan fingerprint density at radius 3 is 2.57 bits per heavy atom. The number of para-hydroxylation sites is 1. The van der Waals surface area contributed by atoms with Gasteiger partial charge < -0.3 is 11.1 Å². The van der Waals surface area contributed by atoms with Crippen molar-refractivity contribution in [2.45, 2.75) is 6.54 Å². The van der Waals surface area contributed by atoms with Crippen LogP contribution in [-0.4, -0.2) is 0 Å². The van der Waals surface area contributed by atoms with Crippen LogP contribution >= 0.6 is 0 Å². The number of nitrogens with zero attached hydrogens (tertiary/aromatic N) is 1. The Hall–Kier alpha value is -2.99. The van der Waals surface area contributed by atoms with Crippen LogP contribution in [0.3, 0.4) is 0 Å². The number of nitrogens with two attached hydrogens (primary N) is 1. The summed E-state index contributed by atoms with van der Waals surface area (Å²) >= 11 is 0. The van der Waals surface area contributed by atoms with Gasteiger partial charge in [-0.25, -0.2) is 0 Å². The van der Waals surface area contributed by atoms with Crippen molar-refractivity contribution < 1.29 is 0 Å². The van der Waals surface area contributed by atoms with Gasteiger partial charge in [-0.15, -0.1) is 0 Å². The third kappa shape index (κ3) is 2.52. The molecule has 0 bridgehead atoms. The lowest BCUT2D eigenvalue weighted by atomic mass is 10.0. The van der Waals surface area contributed by atoms with Crippen molar-refractivity contribution >= 4 is 22.1 Å². The summed E-state index contributed by atoms with van der Waals surface area (Å²) in [5, 5.41) is 14.8. The summed E-state index contributed by atoms with van der Waals surface area (Å²) < 4.78 is 0. The zero-order valence-electron chi connectivity index (χ0n) is 11.5. The molecule has 3 rings (SSSR count). The topological polar surface area (TPSA) is 61.8 Å². The van der Waals surface area contributed by atoms with Gasteiger partial charge in [-0.3, -0.25) is 0 Å². The van der Waals surface area contributed by atoms with Gasteiger partial charge in [0.25, 0.3) is 0 Å². The molecule has 0 unspecified atom stereocenters. The molecule has 0 aliphatic heterocycles. The summed E-state index contributed by atoms with van der Waals surface area (Å²) in [5.41, 5.74) is 8.98. The van der Waals surface area contributed by atoms with Gasteiger partial charge in [0, 0.05) is 6.54 Å². The lowest BCUT2D eigenvalue weighted by Crippen LogP contribution is -2.04. The monoisotopic (exact) mass is 273 g/mol. The average Bonchev–Trinajstić information content (AvgIpc) is 2.54. The van der Waals surface area contributed by atoms with Gasteiger partial charge in [-0.05, 0) is 28.5 Å². The van der Waals surface area contributed by atoms with Gasteiger partial charge in [0.15, 0.2) is 0 Å². The van der Waals surface area contributed by atoms with Crippen molar-refractivity contribution in [3.8, 4) is 6.07 Å². The minimum atomic E-state index is 0.498. The predicted octanol–water partition coefficient (Wildman–Crippen LogP) is 3.91. The first-order valence-corrected chi connectivity index (χ1v) is 6.78. The van der Waals surface area contributed by atoms with Crippen LogP contribution in [0.5, 0.6) is 0 Å². The van der Waals surface area contributed by atoms with Crippen LogP contribution in [0.25, 0.3) is 10.8 Å². The SMILES string of the molecule is N#Cc1cccc(NCc2cccc3ccccc23)c1N. The fraction of sp³-hybridized carbons (Fsp3) is 0.0556. The second-order valence-electron chi connectivity index (χ2n) is 4.87. The number of rotatable bonds is 3. The summed E-state index contributed by atoms with van der Waals surface area (Å²) in [4.78, 5) is 0. The third-order valence-electron chi connectivity index (χ3n) is 3.58. The normalized spacial score (nSPS) is 10.2. The predicted molar refractivity (Wildman–Crippen MR) is 86.8 cm³/mol. The highest BCUT2D eigenvalue weighted by molar-refractivity contribution is 5.86. The third-order valence-corrected chi connectivity index (χ3v) is 3.58. The molecule has 3 nitrogen and oxygen atoms in total. The fourth-order valence-corrected chi connectivity index (χ4v) is 2.45. The van der Waals surface area contributed by atoms with Crippen LogP contribution in [0.4, 0.5) is 11.4 Å². The molecule has 0 aliphatic rings. The zero-order valence-corrected chi connectivity index (χ0v) is 11.5. The number of anilines is 2. The highest BCUT2D eigenvalue weighted by Gasteiger charge is 2.05. The van der Waals surface area contributed by atoms with E-state index in [0.29, 0.717) is 17.8 Å². The maximum Gasteiger partial charge on any atom is 0.101 e. The fourth-order valence-electron chi connectivity index (χ4n) is 2.45. The molecule has 0 fully saturated rings. The van der Waals surface area contributed by atoms with Crippen LogP contribution in [-0.2, 0) is 6.54 Å². The Kier molecular flexibility index (Phi) is 3.44. The molecule has 3 heteroatoms. The molecule has 3 aromatic rings. The first-order chi connectivity index (χ1) is 10.3. The summed E-state index contributed by atoms with van der Waals surface area (Å²) in [5.74, 6) is 0. The van der Waals surface area contributed by atoms with Crippen LogP contribution in [0.15, 0.2) is 60.7 Å². The van der Waals surface area contributed by atoms with Crippen molar-refractivity contribution in [2.24, 2.45) is 0 Å². The second-order valence-corrected chi connectivity index (χ2v) is 4.87. The molecular weight excluding hydrogens is 258 g/mol. The number of hydrogen-bond donors (Lipinski definition) is 2. The smallest absolute Gasteiger partial charge is 0.101 e. The Labute approximate surface area is 123 Å². The molecule has 0 saturated carbocycles. The van der Waals surface area contributed by atoms with Gasteiger partial charge in [0.2, 0.25) is 0 Å². The molecule has 102 valence electrons. The number of hydrogen-bond acceptors (Lipinski definition) is 3. The lowest BCUT2D eigenvalue weighted by molar-refractivity contribution is 1.17. The molecular formula is C18H15N3. The summed E-state index contributed by atoms with van der Waals surface area (Å²) in [6.07, 6.45) is 0. The molecule has 0 aliphatic carbocycles. The number of nitriles is 1. The van der Waals surface area contributed by atoms with Crippen molar-refractivity contribution in [3.05, 3.63) is 71.8 Å². The van der Waals surface area contributed by atoms with E-state index < -0.39 is 0 Å². The van der Waals surface area contributed by atoms with Crippen LogP contribution in [0, 0.1) is 11.3 Å². The van der Waals surface area contributed by atoms with E-state index in [4.69, 9.17) is 11.0 Å². The number of benzene rings is 3. The highest BCUT2D eigenvalue weighted by atomic mass is 14.9. The molecule has 0 atom stereocenters. The van der Waals surface area contributed by atoms with Crippen molar-refractivity contribution in [1.82, 2.24) is 0 Å². The minimum absolute atomic E-state index is 0.498. The zero-order chi connectivity index (χ0) is 14.7. The Bertz CT molecular complexity index is 826. The Morgan fingerprint density at radius 2 is 1.71 bits per heavy atom. The quantitative estimate of drug-likeness (QED) is 0.711. The summed E-state index contributed by atoms with van der Waals surface area (Å²) in [7, 11) is 0. The molecule has 0 aromatic heterocycles. The Balaban J connectivity index is 1.89. The van der Waals surface area contributed by atoms with E-state index in [0.717, 1.165) is 5.69 Å². The maximum atomic E-state index is 9.01. The van der Waals surface area contributed by atoms with E-state index >= 15 is 0 Å². The van der Waals surface area contributed by atoms with E-state index in [-0.39, 0.29) is 0 Å². The van der Waals surface area contributed by atoms with E-state index in [1.54, 1.807) is 6.07 Å². The van der Waals surface area contributed by atoms with Gasteiger partial charge in [0.1, 0.15) is 6.07 Å². The Morgan fingerprint density at radius 1 is 0.952 bits per heavy atom. The maximum absolute atomic E-state index is 9.01. The minimum Gasteiger partial charge on any atom is -0.396 e. The largest absolute Gasteiger partial charge is 0.396 e. The molecule has 0 amide bonds. The van der Waals surface area contributed by atoms with Crippen molar-refractivity contribution in [2.75, 3.05) is 11.1 Å². The summed E-state index contributed by atoms with van der Waals surface area (Å²) in [6, 6.07) is 22.1. The molecule has 0 spiro atoms. The van der Waals surface area contributed by atoms with E-state index in [1.165, 1.54) is 16.3 Å². The number of nitrogens with one attached hydrogen (secondary N) is 1. The van der Waals surface area contributed by atoms with Crippen LogP contribution in [0.2, 0.25) is 0 Å². The molecule has 3 N–H and O–H groups in total. The van der Waals surface area contributed by atoms with Gasteiger partial charge >= 0.3 is 0 Å².